The number of nitrogens with one attached hydrogen (secondary N) is 2. The topological polar surface area (TPSA) is 102 Å². The number of anilines is 2. The highest BCUT2D eigenvalue weighted by molar-refractivity contribution is 7.12. The van der Waals surface area contributed by atoms with Crippen LogP contribution in [0.5, 0.6) is 0 Å². The van der Waals surface area contributed by atoms with Crippen LogP contribution in [0.1, 0.15) is 28.4 Å². The van der Waals surface area contributed by atoms with Gasteiger partial charge in [-0.2, -0.15) is 5.10 Å². The summed E-state index contributed by atoms with van der Waals surface area (Å²) in [5.41, 5.74) is 4.32. The fourth-order valence-electron chi connectivity index (χ4n) is 3.30. The molecule has 1 unspecified atom stereocenters. The minimum Gasteiger partial charge on any atom is -0.326 e. The van der Waals surface area contributed by atoms with Gasteiger partial charge in [0.25, 0.3) is 0 Å². The van der Waals surface area contributed by atoms with Gasteiger partial charge < -0.3 is 10.6 Å². The number of rotatable bonds is 7. The van der Waals surface area contributed by atoms with Crippen molar-refractivity contribution in [1.29, 1.82) is 0 Å². The van der Waals surface area contributed by atoms with Crippen LogP contribution in [0.4, 0.5) is 11.4 Å². The Morgan fingerprint density at radius 2 is 1.67 bits per heavy atom. The van der Waals surface area contributed by atoms with Crippen molar-refractivity contribution in [3.63, 3.8) is 0 Å². The number of aryl methyl sites for hydroxylation is 2. The third kappa shape index (κ3) is 5.50. The summed E-state index contributed by atoms with van der Waals surface area (Å²) in [4.78, 5) is 34.5. The summed E-state index contributed by atoms with van der Waals surface area (Å²) in [6.07, 6.45) is 3.12. The first kappa shape index (κ1) is 22.3. The maximum absolute atomic E-state index is 12.7. The van der Waals surface area contributed by atoms with Crippen LogP contribution in [0.25, 0.3) is 11.3 Å². The highest BCUT2D eigenvalue weighted by Crippen LogP contribution is 2.29. The van der Waals surface area contributed by atoms with Crippen LogP contribution in [0, 0.1) is 13.8 Å². The van der Waals surface area contributed by atoms with E-state index in [-0.39, 0.29) is 18.2 Å². The van der Waals surface area contributed by atoms with Gasteiger partial charge in [0.1, 0.15) is 18.7 Å². The second-order valence-corrected chi connectivity index (χ2v) is 9.00. The summed E-state index contributed by atoms with van der Waals surface area (Å²) >= 11 is 1.53. The highest BCUT2D eigenvalue weighted by atomic mass is 32.1. The molecule has 0 fully saturated rings. The molecule has 0 aliphatic heterocycles. The van der Waals surface area contributed by atoms with Crippen molar-refractivity contribution in [3.05, 3.63) is 76.6 Å². The van der Waals surface area contributed by atoms with Gasteiger partial charge in [-0.15, -0.1) is 11.3 Å². The van der Waals surface area contributed by atoms with Gasteiger partial charge in [0.2, 0.25) is 11.8 Å². The van der Waals surface area contributed by atoms with Crippen LogP contribution in [-0.4, -0.2) is 31.6 Å². The standard InChI is InChI=1S/C24H24N6O2S/c1-15-4-6-18(7-5-15)23-21(33-17(3)27-23)12-22(31)28-19-8-10-20(11-9-19)29-24(32)16(2)30-14-25-13-26-30/h4-11,13-14,16H,12H2,1-3H3,(H,28,31)(H,29,32). The Morgan fingerprint density at radius 1 is 1.00 bits per heavy atom. The first-order valence-electron chi connectivity index (χ1n) is 10.5. The van der Waals surface area contributed by atoms with Gasteiger partial charge in [0.15, 0.2) is 0 Å². The number of hydrogen-bond donors (Lipinski definition) is 2. The molecule has 0 radical (unpaired) electrons. The molecule has 9 heteroatoms. The molecule has 0 saturated carbocycles. The lowest BCUT2D eigenvalue weighted by Gasteiger charge is -2.12. The van der Waals surface area contributed by atoms with E-state index in [0.29, 0.717) is 11.4 Å². The lowest BCUT2D eigenvalue weighted by molar-refractivity contribution is -0.119. The summed E-state index contributed by atoms with van der Waals surface area (Å²) in [6.45, 7) is 5.73. The van der Waals surface area contributed by atoms with Crippen LogP contribution in [0.2, 0.25) is 0 Å². The van der Waals surface area contributed by atoms with E-state index in [2.05, 4.69) is 25.7 Å². The van der Waals surface area contributed by atoms with Crippen LogP contribution in [0.15, 0.2) is 61.2 Å². The molecule has 2 N–H and O–H groups in total. The monoisotopic (exact) mass is 460 g/mol. The molecule has 8 nitrogen and oxygen atoms in total. The number of nitrogens with zero attached hydrogens (tertiary/aromatic N) is 4. The van der Waals surface area contributed by atoms with Crippen LogP contribution >= 0.6 is 11.3 Å². The van der Waals surface area contributed by atoms with Crippen molar-refractivity contribution in [1.82, 2.24) is 19.7 Å². The Kier molecular flexibility index (Phi) is 6.60. The van der Waals surface area contributed by atoms with Crippen molar-refractivity contribution in [2.75, 3.05) is 10.6 Å². The molecule has 0 saturated heterocycles. The molecule has 2 aromatic heterocycles. The lowest BCUT2D eigenvalue weighted by Crippen LogP contribution is -2.24. The number of amides is 2. The molecule has 4 rings (SSSR count). The second kappa shape index (κ2) is 9.74. The van der Waals surface area contributed by atoms with Crippen LogP contribution in [-0.2, 0) is 16.0 Å². The molecule has 1 atom stereocenters. The summed E-state index contributed by atoms with van der Waals surface area (Å²) in [7, 11) is 0. The summed E-state index contributed by atoms with van der Waals surface area (Å²) in [5, 5.41) is 10.7. The van der Waals surface area contributed by atoms with E-state index in [9.17, 15) is 9.59 Å². The number of hydrogen-bond acceptors (Lipinski definition) is 6. The predicted molar refractivity (Wildman–Crippen MR) is 129 cm³/mol. The Labute approximate surface area is 195 Å². The van der Waals surface area contributed by atoms with Gasteiger partial charge in [-0.3, -0.25) is 9.59 Å². The maximum atomic E-state index is 12.7. The van der Waals surface area contributed by atoms with Gasteiger partial charge >= 0.3 is 0 Å². The summed E-state index contributed by atoms with van der Waals surface area (Å²) in [5.74, 6) is -0.329. The molecule has 2 amide bonds. The van der Waals surface area contributed by atoms with Crippen molar-refractivity contribution in [3.8, 4) is 11.3 Å². The molecule has 0 aliphatic carbocycles. The zero-order valence-corrected chi connectivity index (χ0v) is 19.4. The fraction of sp³-hybridized carbons (Fsp3) is 0.208. The summed E-state index contributed by atoms with van der Waals surface area (Å²) in [6, 6.07) is 14.7. The minimum atomic E-state index is -0.488. The van der Waals surface area contributed by atoms with Gasteiger partial charge in [0, 0.05) is 21.8 Å². The minimum absolute atomic E-state index is 0.122. The van der Waals surface area contributed by atoms with E-state index in [0.717, 1.165) is 21.1 Å². The van der Waals surface area contributed by atoms with E-state index in [1.165, 1.54) is 34.2 Å². The van der Waals surface area contributed by atoms with E-state index in [1.54, 1.807) is 31.2 Å². The lowest BCUT2D eigenvalue weighted by atomic mass is 10.1. The molecule has 2 aromatic carbocycles. The van der Waals surface area contributed by atoms with Gasteiger partial charge in [-0.05, 0) is 45.0 Å². The zero-order valence-electron chi connectivity index (χ0n) is 18.6. The Bertz CT molecular complexity index is 1250. The van der Waals surface area contributed by atoms with Crippen molar-refractivity contribution >= 4 is 34.5 Å². The highest BCUT2D eigenvalue weighted by Gasteiger charge is 2.17. The Balaban J connectivity index is 1.38. The molecule has 168 valence electrons. The molecule has 2 heterocycles. The van der Waals surface area contributed by atoms with Crippen LogP contribution < -0.4 is 10.6 Å². The normalized spacial score (nSPS) is 11.7. The van der Waals surface area contributed by atoms with E-state index >= 15 is 0 Å². The van der Waals surface area contributed by atoms with Gasteiger partial charge in [-0.25, -0.2) is 14.6 Å². The van der Waals surface area contributed by atoms with E-state index < -0.39 is 6.04 Å². The number of carbonyl (C=O) groups is 2. The van der Waals surface area contributed by atoms with Crippen molar-refractivity contribution in [2.24, 2.45) is 0 Å². The largest absolute Gasteiger partial charge is 0.326 e. The van der Waals surface area contributed by atoms with Gasteiger partial charge in [-0.1, -0.05) is 29.8 Å². The number of aromatic nitrogens is 4. The second-order valence-electron chi connectivity index (χ2n) is 7.71. The van der Waals surface area contributed by atoms with Crippen LogP contribution in [0.3, 0.4) is 0 Å². The SMILES string of the molecule is Cc1ccc(-c2nc(C)sc2CC(=O)Nc2ccc(NC(=O)C(C)n3cncn3)cc2)cc1. The Morgan fingerprint density at radius 3 is 2.30 bits per heavy atom. The smallest absolute Gasteiger partial charge is 0.249 e. The Hall–Kier alpha value is -3.85. The van der Waals surface area contributed by atoms with E-state index in [4.69, 9.17) is 0 Å². The average molecular weight is 461 g/mol. The molecule has 4 aromatic rings. The third-order valence-electron chi connectivity index (χ3n) is 5.10. The molecule has 0 bridgehead atoms. The zero-order chi connectivity index (χ0) is 23.4. The number of thiazole rings is 1. The van der Waals surface area contributed by atoms with Crippen molar-refractivity contribution in [2.45, 2.75) is 33.2 Å². The predicted octanol–water partition coefficient (Wildman–Crippen LogP) is 4.40. The quantitative estimate of drug-likeness (QED) is 0.426. The molecule has 0 aliphatic rings. The molecule has 33 heavy (non-hydrogen) atoms. The van der Waals surface area contributed by atoms with Gasteiger partial charge in [0.05, 0.1) is 17.1 Å². The first-order valence-corrected chi connectivity index (χ1v) is 11.3. The van der Waals surface area contributed by atoms with E-state index in [1.807, 2.05) is 38.1 Å². The number of benzene rings is 2. The first-order chi connectivity index (χ1) is 15.9. The summed E-state index contributed by atoms with van der Waals surface area (Å²) < 4.78 is 1.48. The molecular weight excluding hydrogens is 436 g/mol. The molecular formula is C24H24N6O2S. The maximum Gasteiger partial charge on any atom is 0.249 e. The number of carbonyl (C=O) groups excluding carboxylic acids is 2. The third-order valence-corrected chi connectivity index (χ3v) is 6.07. The van der Waals surface area contributed by atoms with Crippen molar-refractivity contribution < 1.29 is 9.59 Å². The fourth-order valence-corrected chi connectivity index (χ4v) is 4.26. The molecule has 0 spiro atoms. The average Bonchev–Trinajstić information content (AvgIpc) is 3.45.